The molecule has 0 bridgehead atoms. The smallest absolute Gasteiger partial charge is 0.332 e. The zero-order valence-corrected chi connectivity index (χ0v) is 20.9. The summed E-state index contributed by atoms with van der Waals surface area (Å²) in [5, 5.41) is 6.81. The predicted molar refractivity (Wildman–Crippen MR) is 134 cm³/mol. The van der Waals surface area contributed by atoms with Crippen LogP contribution >= 0.6 is 0 Å². The Hall–Kier alpha value is -2.90. The summed E-state index contributed by atoms with van der Waals surface area (Å²) < 4.78 is 4.91. The number of carbonyl (C=O) groups is 2. The molecule has 1 fully saturated rings. The molecule has 34 heavy (non-hydrogen) atoms. The third-order valence-corrected chi connectivity index (χ3v) is 6.27. The first-order valence-corrected chi connectivity index (χ1v) is 12.1. The van der Waals surface area contributed by atoms with E-state index in [0.29, 0.717) is 19.6 Å². The number of hydrogen-bond acceptors (Lipinski definition) is 5. The van der Waals surface area contributed by atoms with Crippen molar-refractivity contribution in [2.24, 2.45) is 0 Å². The van der Waals surface area contributed by atoms with Gasteiger partial charge in [0.15, 0.2) is 0 Å². The average Bonchev–Trinajstić information content (AvgIpc) is 2.85. The number of carbonyl (C=O) groups excluding carboxylic acids is 2. The second-order valence-electron chi connectivity index (χ2n) is 9.32. The number of piperazine rings is 1. The number of hydrazine groups is 1. The van der Waals surface area contributed by atoms with E-state index >= 15 is 0 Å². The minimum Gasteiger partial charge on any atom is -0.469 e. The molecule has 7 heteroatoms. The van der Waals surface area contributed by atoms with Gasteiger partial charge in [0.2, 0.25) is 0 Å². The molecular weight excluding hydrogens is 428 g/mol. The van der Waals surface area contributed by atoms with Gasteiger partial charge in [0, 0.05) is 32.7 Å². The first-order valence-electron chi connectivity index (χ1n) is 12.1. The Morgan fingerprint density at radius 1 is 0.971 bits per heavy atom. The van der Waals surface area contributed by atoms with Crippen LogP contribution in [0.15, 0.2) is 60.7 Å². The van der Waals surface area contributed by atoms with Crippen LogP contribution in [0.25, 0.3) is 0 Å². The van der Waals surface area contributed by atoms with Gasteiger partial charge in [-0.2, -0.15) is 0 Å². The van der Waals surface area contributed by atoms with Crippen molar-refractivity contribution in [3.63, 3.8) is 0 Å². The molecule has 0 aliphatic carbocycles. The quantitative estimate of drug-likeness (QED) is 0.565. The highest BCUT2D eigenvalue weighted by atomic mass is 16.5. The number of rotatable bonds is 9. The first kappa shape index (κ1) is 25.7. The maximum absolute atomic E-state index is 13.2. The number of benzene rings is 2. The molecule has 1 aliphatic rings. The number of esters is 1. The van der Waals surface area contributed by atoms with E-state index < -0.39 is 5.54 Å². The van der Waals surface area contributed by atoms with Crippen LogP contribution in [0.3, 0.4) is 0 Å². The van der Waals surface area contributed by atoms with Crippen LogP contribution in [0, 0.1) is 0 Å². The lowest BCUT2D eigenvalue weighted by atomic mass is 9.96. The summed E-state index contributed by atoms with van der Waals surface area (Å²) in [6.07, 6.45) is 0.973. The van der Waals surface area contributed by atoms with Gasteiger partial charge < -0.3 is 10.1 Å². The minimum absolute atomic E-state index is 0.125. The van der Waals surface area contributed by atoms with Gasteiger partial charge in [-0.15, -0.1) is 0 Å². The number of nitrogens with zero attached hydrogens (tertiary/aromatic N) is 3. The Bertz CT molecular complexity index is 872. The Kier molecular flexibility index (Phi) is 9.07. The summed E-state index contributed by atoms with van der Waals surface area (Å²) in [7, 11) is 1.38. The molecule has 1 saturated heterocycles. The average molecular weight is 467 g/mol. The monoisotopic (exact) mass is 466 g/mol. The molecule has 0 unspecified atom stereocenters. The molecule has 3 rings (SSSR count). The summed E-state index contributed by atoms with van der Waals surface area (Å²) >= 11 is 0. The summed E-state index contributed by atoms with van der Waals surface area (Å²) in [5.41, 5.74) is 1.79. The first-order chi connectivity index (χ1) is 16.4. The van der Waals surface area contributed by atoms with Crippen LogP contribution in [0.2, 0.25) is 0 Å². The van der Waals surface area contributed by atoms with E-state index in [-0.39, 0.29) is 24.5 Å². The number of amides is 2. The third kappa shape index (κ3) is 6.36. The van der Waals surface area contributed by atoms with Crippen LogP contribution < -0.4 is 5.32 Å². The van der Waals surface area contributed by atoms with Gasteiger partial charge in [-0.05, 0) is 31.4 Å². The predicted octanol–water partition coefficient (Wildman–Crippen LogP) is 4.07. The number of methoxy groups -OCH3 is 1. The molecule has 0 spiro atoms. The molecule has 0 radical (unpaired) electrons. The molecule has 0 saturated carbocycles. The van der Waals surface area contributed by atoms with Gasteiger partial charge in [0.05, 0.1) is 25.1 Å². The molecular formula is C27H38N4O3. The summed E-state index contributed by atoms with van der Waals surface area (Å²) in [6, 6.07) is 21.1. The van der Waals surface area contributed by atoms with Crippen molar-refractivity contribution in [2.45, 2.75) is 45.2 Å². The molecule has 1 aliphatic heterocycles. The second-order valence-corrected chi connectivity index (χ2v) is 9.32. The second kappa shape index (κ2) is 12.0. The van der Waals surface area contributed by atoms with Gasteiger partial charge in [-0.25, -0.2) is 9.80 Å². The fourth-order valence-corrected chi connectivity index (χ4v) is 4.65. The van der Waals surface area contributed by atoms with E-state index in [0.717, 1.165) is 19.5 Å². The van der Waals surface area contributed by atoms with E-state index in [2.05, 4.69) is 63.8 Å². The zero-order valence-electron chi connectivity index (χ0n) is 20.9. The number of nitrogens with one attached hydrogen (secondary N) is 1. The molecule has 2 aromatic rings. The van der Waals surface area contributed by atoms with Gasteiger partial charge >= 0.3 is 12.0 Å². The molecule has 7 nitrogen and oxygen atoms in total. The minimum atomic E-state index is -0.717. The van der Waals surface area contributed by atoms with Crippen molar-refractivity contribution in [1.29, 1.82) is 0 Å². The highest BCUT2D eigenvalue weighted by Gasteiger charge is 2.39. The van der Waals surface area contributed by atoms with Crippen molar-refractivity contribution >= 4 is 12.0 Å². The lowest BCUT2D eigenvalue weighted by molar-refractivity contribution is -0.147. The number of hydrogen-bond donors (Lipinski definition) is 1. The van der Waals surface area contributed by atoms with E-state index in [4.69, 9.17) is 4.74 Å². The largest absolute Gasteiger partial charge is 0.469 e. The fraction of sp³-hybridized carbons (Fsp3) is 0.481. The maximum atomic E-state index is 13.2. The highest BCUT2D eigenvalue weighted by Crippen LogP contribution is 2.31. The maximum Gasteiger partial charge on any atom is 0.332 e. The topological polar surface area (TPSA) is 65.1 Å². The van der Waals surface area contributed by atoms with Crippen molar-refractivity contribution in [3.8, 4) is 0 Å². The van der Waals surface area contributed by atoms with Gasteiger partial charge in [-0.1, -0.05) is 67.6 Å². The SMILES string of the molecule is CCCNC(=O)N(N1CCN(C(c2ccccc2)c2ccccc2)CC1)C(C)(C)CC(=O)OC. The Labute approximate surface area is 203 Å². The molecule has 184 valence electrons. The number of urea groups is 1. The van der Waals surface area contributed by atoms with Gasteiger partial charge in [0.1, 0.15) is 0 Å². The lowest BCUT2D eigenvalue weighted by Gasteiger charge is -2.49. The normalized spacial score (nSPS) is 15.2. The van der Waals surface area contributed by atoms with Crippen LogP contribution in [-0.4, -0.2) is 72.3 Å². The van der Waals surface area contributed by atoms with Crippen LogP contribution in [0.5, 0.6) is 0 Å². The molecule has 1 heterocycles. The van der Waals surface area contributed by atoms with Crippen LogP contribution in [0.4, 0.5) is 4.79 Å². The van der Waals surface area contributed by atoms with Crippen molar-refractivity contribution < 1.29 is 14.3 Å². The van der Waals surface area contributed by atoms with Crippen molar-refractivity contribution in [2.75, 3.05) is 39.8 Å². The third-order valence-electron chi connectivity index (χ3n) is 6.27. The van der Waals surface area contributed by atoms with Gasteiger partial charge in [0.25, 0.3) is 0 Å². The lowest BCUT2D eigenvalue weighted by Crippen LogP contribution is -2.64. The molecule has 1 N–H and O–H groups in total. The van der Waals surface area contributed by atoms with E-state index in [1.54, 1.807) is 5.01 Å². The molecule has 2 aromatic carbocycles. The Morgan fingerprint density at radius 2 is 1.50 bits per heavy atom. The summed E-state index contributed by atoms with van der Waals surface area (Å²) in [6.45, 7) is 9.39. The van der Waals surface area contributed by atoms with Crippen molar-refractivity contribution in [1.82, 2.24) is 20.2 Å². The summed E-state index contributed by atoms with van der Waals surface area (Å²) in [4.78, 5) is 27.8. The fourth-order valence-electron chi connectivity index (χ4n) is 4.65. The Balaban J connectivity index is 1.80. The zero-order chi connectivity index (χ0) is 24.6. The van der Waals surface area contributed by atoms with Crippen LogP contribution in [-0.2, 0) is 9.53 Å². The van der Waals surface area contributed by atoms with Crippen molar-refractivity contribution in [3.05, 3.63) is 71.8 Å². The Morgan fingerprint density at radius 3 is 1.97 bits per heavy atom. The molecule has 2 amide bonds. The van der Waals surface area contributed by atoms with E-state index in [9.17, 15) is 9.59 Å². The summed E-state index contributed by atoms with van der Waals surface area (Å²) in [5.74, 6) is -0.329. The van der Waals surface area contributed by atoms with Crippen LogP contribution in [0.1, 0.15) is 50.8 Å². The number of ether oxygens (including phenoxy) is 1. The standard InChI is InChI=1S/C27H38N4O3/c1-5-16-28-26(33)31(27(2,3)21-24(32)34-4)30-19-17-29(18-20-30)25(22-12-8-6-9-13-22)23-14-10-7-11-15-23/h6-15,25H,5,16-21H2,1-4H3,(H,28,33). The molecule has 0 aromatic heterocycles. The van der Waals surface area contributed by atoms with Gasteiger partial charge in [-0.3, -0.25) is 14.7 Å². The molecule has 0 atom stereocenters. The van der Waals surface area contributed by atoms with E-state index in [1.165, 1.54) is 18.2 Å². The highest BCUT2D eigenvalue weighted by molar-refractivity contribution is 5.77. The van der Waals surface area contributed by atoms with E-state index in [1.807, 2.05) is 32.9 Å².